The molecule has 1 aromatic rings. The highest BCUT2D eigenvalue weighted by Gasteiger charge is 2.29. The number of nitrogens with zero attached hydrogens (tertiary/aromatic N) is 1. The van der Waals surface area contributed by atoms with Crippen molar-refractivity contribution in [3.63, 3.8) is 0 Å². The first kappa shape index (κ1) is 15.7. The van der Waals surface area contributed by atoms with Crippen molar-refractivity contribution in [3.8, 4) is 0 Å². The molecule has 4 nitrogen and oxygen atoms in total. The van der Waals surface area contributed by atoms with Crippen LogP contribution in [0.3, 0.4) is 0 Å². The van der Waals surface area contributed by atoms with Gasteiger partial charge in [0.15, 0.2) is 0 Å². The Balaban J connectivity index is 2.35. The average Bonchev–Trinajstić information content (AvgIpc) is 2.35. The highest BCUT2D eigenvalue weighted by molar-refractivity contribution is 7.89. The molecule has 2 N–H and O–H groups in total. The first-order valence-corrected chi connectivity index (χ1v) is 8.32. The molecule has 20 heavy (non-hydrogen) atoms. The van der Waals surface area contributed by atoms with Crippen molar-refractivity contribution < 1.29 is 12.8 Å². The first-order chi connectivity index (χ1) is 9.36. The second kappa shape index (κ2) is 5.97. The molecule has 112 valence electrons. The van der Waals surface area contributed by atoms with Gasteiger partial charge in [0.25, 0.3) is 0 Å². The lowest BCUT2D eigenvalue weighted by Gasteiger charge is -2.29. The average molecular weight is 321 g/mol. The topological polar surface area (TPSA) is 63.4 Å². The van der Waals surface area contributed by atoms with Gasteiger partial charge in [-0.05, 0) is 30.9 Å². The molecule has 0 spiro atoms. The zero-order valence-corrected chi connectivity index (χ0v) is 12.8. The number of hydrogen-bond acceptors (Lipinski definition) is 3. The van der Waals surface area contributed by atoms with Gasteiger partial charge in [-0.25, -0.2) is 17.1 Å². The molecule has 2 rings (SSSR count). The summed E-state index contributed by atoms with van der Waals surface area (Å²) in [7, 11) is -2.41. The van der Waals surface area contributed by atoms with E-state index in [1.165, 1.54) is 17.4 Å². The molecule has 1 aromatic carbocycles. The van der Waals surface area contributed by atoms with Crippen LogP contribution in [-0.2, 0) is 16.6 Å². The molecule has 1 aliphatic carbocycles. The minimum absolute atomic E-state index is 0.0960. The van der Waals surface area contributed by atoms with Crippen molar-refractivity contribution in [2.75, 3.05) is 13.6 Å². The smallest absolute Gasteiger partial charge is 0.245 e. The fraction of sp³-hybridized carbons (Fsp3) is 0.538. The van der Waals surface area contributed by atoms with Crippen molar-refractivity contribution in [2.45, 2.75) is 30.7 Å². The van der Waals surface area contributed by atoms with Gasteiger partial charge in [0.2, 0.25) is 10.0 Å². The second-order valence-electron chi connectivity index (χ2n) is 5.16. The minimum atomic E-state index is -3.88. The van der Waals surface area contributed by atoms with Gasteiger partial charge in [-0.2, -0.15) is 0 Å². The summed E-state index contributed by atoms with van der Waals surface area (Å²) in [5.41, 5.74) is 5.52. The Morgan fingerprint density at radius 3 is 2.60 bits per heavy atom. The molecular formula is C13H18ClFN2O2S. The number of sulfonamides is 1. The molecule has 0 radical (unpaired) electrons. The maximum absolute atomic E-state index is 14.2. The second-order valence-corrected chi connectivity index (χ2v) is 7.61. The van der Waals surface area contributed by atoms with Crippen LogP contribution in [0.15, 0.2) is 17.0 Å². The fourth-order valence-electron chi connectivity index (χ4n) is 2.26. The monoisotopic (exact) mass is 320 g/mol. The third-order valence-corrected chi connectivity index (χ3v) is 5.77. The summed E-state index contributed by atoms with van der Waals surface area (Å²) < 4.78 is 40.3. The number of rotatable bonds is 5. The van der Waals surface area contributed by atoms with E-state index in [9.17, 15) is 12.8 Å². The molecular weight excluding hydrogens is 303 g/mol. The Morgan fingerprint density at radius 1 is 1.45 bits per heavy atom. The molecule has 7 heteroatoms. The molecule has 0 aliphatic heterocycles. The predicted octanol–water partition coefficient (Wildman–Crippen LogP) is 2.36. The summed E-state index contributed by atoms with van der Waals surface area (Å²) in [6.07, 6.45) is 3.17. The maximum atomic E-state index is 14.2. The number of nitrogens with two attached hydrogens (primary N) is 1. The predicted molar refractivity (Wildman–Crippen MR) is 76.5 cm³/mol. The van der Waals surface area contributed by atoms with E-state index in [-0.39, 0.29) is 17.1 Å². The largest absolute Gasteiger partial charge is 0.326 e. The van der Waals surface area contributed by atoms with Gasteiger partial charge in [-0.3, -0.25) is 0 Å². The quantitative estimate of drug-likeness (QED) is 0.906. The van der Waals surface area contributed by atoms with Crippen molar-refractivity contribution >= 4 is 21.6 Å². The van der Waals surface area contributed by atoms with Crippen molar-refractivity contribution in [3.05, 3.63) is 28.5 Å². The van der Waals surface area contributed by atoms with Gasteiger partial charge >= 0.3 is 0 Å². The third-order valence-electron chi connectivity index (χ3n) is 3.73. The van der Waals surface area contributed by atoms with Crippen LogP contribution < -0.4 is 5.73 Å². The number of benzene rings is 1. The first-order valence-electron chi connectivity index (χ1n) is 6.50. The molecule has 1 saturated carbocycles. The Labute approximate surface area is 123 Å². The normalized spacial score (nSPS) is 16.4. The van der Waals surface area contributed by atoms with Crippen LogP contribution in [0.4, 0.5) is 4.39 Å². The van der Waals surface area contributed by atoms with E-state index in [1.54, 1.807) is 0 Å². The van der Waals surface area contributed by atoms with Crippen LogP contribution in [-0.4, -0.2) is 26.3 Å². The standard InChI is InChI=1S/C13H18ClFN2O2S/c1-17(8-9-3-2-4-9)20(18,19)12-6-11(14)5-10(7-16)13(12)15/h5-6,9H,2-4,7-8,16H2,1H3. The summed E-state index contributed by atoms with van der Waals surface area (Å²) in [4.78, 5) is -0.396. The van der Waals surface area contributed by atoms with Crippen LogP contribution in [0, 0.1) is 11.7 Å². The van der Waals surface area contributed by atoms with Crippen LogP contribution in [0.5, 0.6) is 0 Å². The molecule has 1 fully saturated rings. The molecule has 1 aliphatic rings. The van der Waals surface area contributed by atoms with Gasteiger partial charge in [0, 0.05) is 30.7 Å². The molecule has 0 unspecified atom stereocenters. The van der Waals surface area contributed by atoms with Crippen LogP contribution in [0.1, 0.15) is 24.8 Å². The summed E-state index contributed by atoms with van der Waals surface area (Å²) >= 11 is 5.85. The highest BCUT2D eigenvalue weighted by Crippen LogP contribution is 2.30. The summed E-state index contributed by atoms with van der Waals surface area (Å²) in [6.45, 7) is 0.313. The molecule has 0 heterocycles. The van der Waals surface area contributed by atoms with Gasteiger partial charge in [0.05, 0.1) is 0 Å². The van der Waals surface area contributed by atoms with E-state index in [0.29, 0.717) is 12.5 Å². The SMILES string of the molecule is CN(CC1CCC1)S(=O)(=O)c1cc(Cl)cc(CN)c1F. The van der Waals surface area contributed by atoms with Gasteiger partial charge in [-0.15, -0.1) is 0 Å². The lowest BCUT2D eigenvalue weighted by Crippen LogP contribution is -2.34. The van der Waals surface area contributed by atoms with E-state index < -0.39 is 20.7 Å². The fourth-order valence-corrected chi connectivity index (χ4v) is 3.94. The molecule has 0 atom stereocenters. The van der Waals surface area contributed by atoms with Gasteiger partial charge in [-0.1, -0.05) is 18.0 Å². The summed E-state index contributed by atoms with van der Waals surface area (Å²) in [5, 5.41) is 0.169. The zero-order chi connectivity index (χ0) is 14.9. The van der Waals surface area contributed by atoms with E-state index in [1.807, 2.05) is 0 Å². The van der Waals surface area contributed by atoms with Gasteiger partial charge in [0.1, 0.15) is 10.7 Å². The zero-order valence-electron chi connectivity index (χ0n) is 11.3. The van der Waals surface area contributed by atoms with Crippen molar-refractivity contribution in [2.24, 2.45) is 11.7 Å². The molecule has 0 aromatic heterocycles. The van der Waals surface area contributed by atoms with Crippen molar-refractivity contribution in [1.29, 1.82) is 0 Å². The van der Waals surface area contributed by atoms with E-state index in [0.717, 1.165) is 25.3 Å². The number of hydrogen-bond donors (Lipinski definition) is 1. The Kier molecular flexibility index (Phi) is 4.69. The van der Waals surface area contributed by atoms with E-state index >= 15 is 0 Å². The van der Waals surface area contributed by atoms with E-state index in [4.69, 9.17) is 17.3 Å². The maximum Gasteiger partial charge on any atom is 0.245 e. The Hall–Kier alpha value is -0.690. The van der Waals surface area contributed by atoms with Gasteiger partial charge < -0.3 is 5.73 Å². The molecule has 0 bridgehead atoms. The molecule has 0 saturated heterocycles. The van der Waals surface area contributed by atoms with Crippen LogP contribution in [0.2, 0.25) is 5.02 Å². The van der Waals surface area contributed by atoms with E-state index in [2.05, 4.69) is 0 Å². The summed E-state index contributed by atoms with van der Waals surface area (Å²) in [6, 6.07) is 2.49. The number of halogens is 2. The van der Waals surface area contributed by atoms with Crippen molar-refractivity contribution in [1.82, 2.24) is 4.31 Å². The Morgan fingerprint density at radius 2 is 2.10 bits per heavy atom. The minimum Gasteiger partial charge on any atom is -0.326 e. The lowest BCUT2D eigenvalue weighted by atomic mass is 9.86. The molecule has 0 amide bonds. The van der Waals surface area contributed by atoms with Crippen LogP contribution >= 0.6 is 11.6 Å². The lowest BCUT2D eigenvalue weighted by molar-refractivity contribution is 0.262. The van der Waals surface area contributed by atoms with Crippen LogP contribution in [0.25, 0.3) is 0 Å². The third kappa shape index (κ3) is 2.98. The Bertz CT molecular complexity index is 603. The summed E-state index contributed by atoms with van der Waals surface area (Å²) in [5.74, 6) is -0.441. The highest BCUT2D eigenvalue weighted by atomic mass is 35.5.